The summed E-state index contributed by atoms with van der Waals surface area (Å²) >= 11 is 0. The quantitative estimate of drug-likeness (QED) is 0.463. The van der Waals surface area contributed by atoms with E-state index in [1.165, 1.54) is 12.8 Å². The number of carbonyl (C=O) groups excluding carboxylic acids is 1. The lowest BCUT2D eigenvalue weighted by molar-refractivity contribution is -0.127. The molecule has 0 spiro atoms. The highest BCUT2D eigenvalue weighted by Gasteiger charge is 2.32. The van der Waals surface area contributed by atoms with E-state index in [1.54, 1.807) is 26.1 Å². The molecule has 2 aliphatic heterocycles. The number of likely N-dealkylation sites (N-methyl/N-ethyl adjacent to an activating group) is 2. The largest absolute Gasteiger partial charge is 0.381 e. The number of aliphatic imine (C=N–C) groups is 1. The molecule has 1 unspecified atom stereocenters. The standard InChI is InChI=1S/C19H37N5O3/c1-5-24-10-6-7-16(24)13-20-18(21-14-17(25)23(2)3)22-15-19(26-4)8-11-27-12-9-19/h16H,5-15H2,1-4H3,(H2,20,21,22). The molecule has 0 radical (unpaired) electrons. The van der Waals surface area contributed by atoms with Gasteiger partial charge in [0.1, 0.15) is 6.54 Å². The van der Waals surface area contributed by atoms with Crippen molar-refractivity contribution in [3.05, 3.63) is 0 Å². The Bertz CT molecular complexity index is 492. The Kier molecular flexibility index (Phi) is 8.79. The summed E-state index contributed by atoms with van der Waals surface area (Å²) in [6, 6.07) is 0.519. The van der Waals surface area contributed by atoms with Crippen LogP contribution in [0, 0.1) is 0 Å². The third kappa shape index (κ3) is 6.62. The van der Waals surface area contributed by atoms with Crippen LogP contribution in [0.15, 0.2) is 4.99 Å². The zero-order valence-electron chi connectivity index (χ0n) is 17.4. The zero-order chi connectivity index (χ0) is 19.7. The predicted octanol–water partition coefficient (Wildman–Crippen LogP) is 0.290. The number of methoxy groups -OCH3 is 1. The van der Waals surface area contributed by atoms with Crippen molar-refractivity contribution >= 4 is 11.9 Å². The van der Waals surface area contributed by atoms with Gasteiger partial charge in [0.25, 0.3) is 0 Å². The maximum atomic E-state index is 11.9. The average Bonchev–Trinajstić information content (AvgIpc) is 3.15. The van der Waals surface area contributed by atoms with Crippen molar-refractivity contribution in [2.24, 2.45) is 4.99 Å². The van der Waals surface area contributed by atoms with E-state index in [9.17, 15) is 4.79 Å². The molecule has 0 aromatic rings. The van der Waals surface area contributed by atoms with Crippen LogP contribution in [0.1, 0.15) is 32.6 Å². The first-order chi connectivity index (χ1) is 13.0. The van der Waals surface area contributed by atoms with Crippen LogP contribution in [0.3, 0.4) is 0 Å². The maximum Gasteiger partial charge on any atom is 0.243 e. The van der Waals surface area contributed by atoms with Gasteiger partial charge < -0.3 is 25.0 Å². The van der Waals surface area contributed by atoms with Gasteiger partial charge in [-0.15, -0.1) is 0 Å². The molecule has 156 valence electrons. The van der Waals surface area contributed by atoms with Crippen molar-refractivity contribution in [2.45, 2.75) is 44.2 Å². The molecule has 0 bridgehead atoms. The van der Waals surface area contributed by atoms with Gasteiger partial charge in [-0.2, -0.15) is 0 Å². The molecular weight excluding hydrogens is 346 g/mol. The topological polar surface area (TPSA) is 78.4 Å². The Balaban J connectivity index is 1.95. The van der Waals surface area contributed by atoms with Gasteiger partial charge in [-0.3, -0.25) is 9.69 Å². The van der Waals surface area contributed by atoms with Crippen LogP contribution in [-0.4, -0.2) is 100 Å². The lowest BCUT2D eigenvalue weighted by Crippen LogP contribution is -2.52. The molecule has 1 atom stereocenters. The number of amides is 1. The minimum Gasteiger partial charge on any atom is -0.381 e. The van der Waals surface area contributed by atoms with Crippen LogP contribution in [-0.2, 0) is 14.3 Å². The molecule has 2 heterocycles. The number of guanidine groups is 1. The normalized spacial score (nSPS) is 23.3. The summed E-state index contributed by atoms with van der Waals surface area (Å²) in [5.74, 6) is 0.663. The van der Waals surface area contributed by atoms with Crippen LogP contribution < -0.4 is 10.6 Å². The summed E-state index contributed by atoms with van der Waals surface area (Å²) in [4.78, 5) is 20.5. The Morgan fingerprint density at radius 3 is 2.70 bits per heavy atom. The number of likely N-dealkylation sites (tertiary alicyclic amines) is 1. The highest BCUT2D eigenvalue weighted by Crippen LogP contribution is 2.23. The van der Waals surface area contributed by atoms with Crippen LogP contribution in [0.25, 0.3) is 0 Å². The number of nitrogens with one attached hydrogen (secondary N) is 2. The second-order valence-electron chi connectivity index (χ2n) is 7.61. The first-order valence-electron chi connectivity index (χ1n) is 10.1. The molecule has 8 nitrogen and oxygen atoms in total. The van der Waals surface area contributed by atoms with Gasteiger partial charge in [0.15, 0.2) is 5.96 Å². The number of hydrogen-bond acceptors (Lipinski definition) is 5. The van der Waals surface area contributed by atoms with Gasteiger partial charge in [0.2, 0.25) is 5.91 Å². The van der Waals surface area contributed by atoms with Crippen molar-refractivity contribution < 1.29 is 14.3 Å². The summed E-state index contributed by atoms with van der Waals surface area (Å²) in [6.07, 6.45) is 4.15. The van der Waals surface area contributed by atoms with E-state index in [0.717, 1.165) is 32.5 Å². The minimum absolute atomic E-state index is 0.0142. The number of hydrogen-bond donors (Lipinski definition) is 2. The molecule has 2 rings (SSSR count). The highest BCUT2D eigenvalue weighted by atomic mass is 16.5. The van der Waals surface area contributed by atoms with E-state index in [4.69, 9.17) is 9.47 Å². The van der Waals surface area contributed by atoms with Crippen LogP contribution in [0.5, 0.6) is 0 Å². The maximum absolute atomic E-state index is 11.9. The van der Waals surface area contributed by atoms with E-state index < -0.39 is 0 Å². The highest BCUT2D eigenvalue weighted by molar-refractivity contribution is 5.84. The number of carbonyl (C=O) groups is 1. The Labute approximate surface area is 163 Å². The van der Waals surface area contributed by atoms with Crippen molar-refractivity contribution in [2.75, 3.05) is 67.1 Å². The molecule has 0 saturated carbocycles. The lowest BCUT2D eigenvalue weighted by atomic mass is 9.94. The van der Waals surface area contributed by atoms with Crippen molar-refractivity contribution in [1.29, 1.82) is 0 Å². The Hall–Kier alpha value is -1.38. The molecule has 1 amide bonds. The Morgan fingerprint density at radius 2 is 2.07 bits per heavy atom. The molecule has 0 aromatic carbocycles. The van der Waals surface area contributed by atoms with Gasteiger partial charge >= 0.3 is 0 Å². The minimum atomic E-state index is -0.241. The van der Waals surface area contributed by atoms with Crippen LogP contribution in [0.2, 0.25) is 0 Å². The molecule has 2 fully saturated rings. The second-order valence-corrected chi connectivity index (χ2v) is 7.61. The van der Waals surface area contributed by atoms with Gasteiger partial charge in [-0.1, -0.05) is 6.92 Å². The predicted molar refractivity (Wildman–Crippen MR) is 107 cm³/mol. The number of nitrogens with zero attached hydrogens (tertiary/aromatic N) is 3. The molecule has 2 N–H and O–H groups in total. The zero-order valence-corrected chi connectivity index (χ0v) is 17.4. The molecule has 2 saturated heterocycles. The fraction of sp³-hybridized carbons (Fsp3) is 0.895. The van der Waals surface area contributed by atoms with Gasteiger partial charge in [-0.25, -0.2) is 4.99 Å². The van der Waals surface area contributed by atoms with Crippen molar-refractivity contribution in [3.8, 4) is 0 Å². The van der Waals surface area contributed by atoms with Gasteiger partial charge in [0, 0.05) is 66.4 Å². The summed E-state index contributed by atoms with van der Waals surface area (Å²) < 4.78 is 11.3. The third-order valence-corrected chi connectivity index (χ3v) is 5.70. The molecule has 2 aliphatic rings. The molecule has 0 aliphatic carbocycles. The number of ether oxygens (including phenoxy) is 2. The molecule has 27 heavy (non-hydrogen) atoms. The summed E-state index contributed by atoms with van der Waals surface area (Å²) in [5.41, 5.74) is -0.241. The van der Waals surface area contributed by atoms with Crippen molar-refractivity contribution in [3.63, 3.8) is 0 Å². The summed E-state index contributed by atoms with van der Waals surface area (Å²) in [6.45, 7) is 7.47. The fourth-order valence-corrected chi connectivity index (χ4v) is 3.66. The first kappa shape index (κ1) is 21.9. The van der Waals surface area contributed by atoms with Gasteiger partial charge in [-0.05, 0) is 25.9 Å². The summed E-state index contributed by atoms with van der Waals surface area (Å²) in [7, 11) is 5.25. The second kappa shape index (κ2) is 10.8. The van der Waals surface area contributed by atoms with E-state index in [-0.39, 0.29) is 18.1 Å². The molecule has 8 heteroatoms. The average molecular weight is 384 g/mol. The third-order valence-electron chi connectivity index (χ3n) is 5.70. The number of rotatable bonds is 8. The molecule has 0 aromatic heterocycles. The first-order valence-corrected chi connectivity index (χ1v) is 10.1. The summed E-state index contributed by atoms with van der Waals surface area (Å²) in [5, 5.41) is 6.84. The molecular formula is C19H37N5O3. The van der Waals surface area contributed by atoms with E-state index in [0.29, 0.717) is 31.8 Å². The smallest absolute Gasteiger partial charge is 0.243 e. The lowest BCUT2D eigenvalue weighted by Gasteiger charge is -2.36. The van der Waals surface area contributed by atoms with E-state index >= 15 is 0 Å². The monoisotopic (exact) mass is 383 g/mol. The van der Waals surface area contributed by atoms with Gasteiger partial charge in [0.05, 0.1) is 5.60 Å². The fourth-order valence-electron chi connectivity index (χ4n) is 3.66. The Morgan fingerprint density at radius 1 is 1.33 bits per heavy atom. The van der Waals surface area contributed by atoms with Crippen LogP contribution >= 0.6 is 0 Å². The van der Waals surface area contributed by atoms with E-state index in [2.05, 4.69) is 27.4 Å². The van der Waals surface area contributed by atoms with Crippen LogP contribution in [0.4, 0.5) is 0 Å². The van der Waals surface area contributed by atoms with E-state index in [1.807, 2.05) is 0 Å². The SMILES string of the molecule is CCN1CCCC1CNC(=NCC(=O)N(C)C)NCC1(OC)CCOCC1. The van der Waals surface area contributed by atoms with Crippen molar-refractivity contribution in [1.82, 2.24) is 20.4 Å².